The molecule has 5 heteroatoms. The standard InChI is InChI=1S/C20H36O5/c1-19(2,17(21)22)11-7-3-5-9-15-25-16-10-6-4-8-12-20(13-14-20)18(23)24/h3-16H2,1-2H3,(H,21,22)(H,23,24). The minimum atomic E-state index is -0.717. The normalized spacial score (nSPS) is 15.9. The van der Waals surface area contributed by atoms with Gasteiger partial charge in [-0.2, -0.15) is 0 Å². The second kappa shape index (κ2) is 10.8. The van der Waals surface area contributed by atoms with E-state index in [4.69, 9.17) is 14.9 Å². The van der Waals surface area contributed by atoms with E-state index in [1.165, 1.54) is 0 Å². The van der Waals surface area contributed by atoms with Crippen LogP contribution in [0, 0.1) is 10.8 Å². The van der Waals surface area contributed by atoms with E-state index in [0.717, 1.165) is 90.3 Å². The first-order chi connectivity index (χ1) is 11.8. The van der Waals surface area contributed by atoms with E-state index in [-0.39, 0.29) is 5.41 Å². The summed E-state index contributed by atoms with van der Waals surface area (Å²) in [6.45, 7) is 5.13. The first kappa shape index (κ1) is 21.9. The van der Waals surface area contributed by atoms with Gasteiger partial charge in [0.15, 0.2) is 0 Å². The smallest absolute Gasteiger partial charge is 0.309 e. The van der Waals surface area contributed by atoms with Crippen LogP contribution in [0.5, 0.6) is 0 Å². The molecule has 0 bridgehead atoms. The number of ether oxygens (including phenoxy) is 1. The molecule has 0 heterocycles. The Labute approximate surface area is 152 Å². The molecule has 0 radical (unpaired) electrons. The third-order valence-corrected chi connectivity index (χ3v) is 5.42. The Morgan fingerprint density at radius 2 is 1.40 bits per heavy atom. The number of carbonyl (C=O) groups is 2. The second-order valence-corrected chi connectivity index (χ2v) is 8.22. The lowest BCUT2D eigenvalue weighted by atomic mass is 9.87. The summed E-state index contributed by atoms with van der Waals surface area (Å²) in [5, 5.41) is 18.1. The zero-order valence-corrected chi connectivity index (χ0v) is 16.0. The number of hydrogen-bond acceptors (Lipinski definition) is 3. The molecule has 0 aromatic rings. The Hall–Kier alpha value is -1.10. The molecule has 0 saturated heterocycles. The van der Waals surface area contributed by atoms with E-state index < -0.39 is 17.4 Å². The summed E-state index contributed by atoms with van der Waals surface area (Å²) in [6.07, 6.45) is 11.7. The van der Waals surface area contributed by atoms with E-state index >= 15 is 0 Å². The van der Waals surface area contributed by atoms with E-state index in [1.807, 2.05) is 0 Å². The predicted octanol–water partition coefficient (Wildman–Crippen LogP) is 4.88. The van der Waals surface area contributed by atoms with Crippen molar-refractivity contribution < 1.29 is 24.5 Å². The van der Waals surface area contributed by atoms with Crippen LogP contribution in [0.25, 0.3) is 0 Å². The van der Waals surface area contributed by atoms with Crippen molar-refractivity contribution in [2.75, 3.05) is 13.2 Å². The average molecular weight is 357 g/mol. The molecular weight excluding hydrogens is 320 g/mol. The van der Waals surface area contributed by atoms with Crippen LogP contribution in [0.1, 0.15) is 90.9 Å². The number of hydrogen-bond donors (Lipinski definition) is 2. The number of rotatable bonds is 16. The molecule has 0 atom stereocenters. The molecule has 0 aromatic carbocycles. The molecule has 1 saturated carbocycles. The van der Waals surface area contributed by atoms with Crippen molar-refractivity contribution in [2.24, 2.45) is 10.8 Å². The fourth-order valence-electron chi connectivity index (χ4n) is 3.08. The highest BCUT2D eigenvalue weighted by atomic mass is 16.5. The number of carboxylic acids is 2. The minimum Gasteiger partial charge on any atom is -0.481 e. The van der Waals surface area contributed by atoms with Gasteiger partial charge in [-0.3, -0.25) is 9.59 Å². The second-order valence-electron chi connectivity index (χ2n) is 8.22. The van der Waals surface area contributed by atoms with Crippen LogP contribution in [0.4, 0.5) is 0 Å². The fourth-order valence-corrected chi connectivity index (χ4v) is 3.08. The molecule has 2 N–H and O–H groups in total. The molecule has 0 aliphatic heterocycles. The van der Waals surface area contributed by atoms with E-state index in [0.29, 0.717) is 0 Å². The Bertz CT molecular complexity index is 386. The third-order valence-electron chi connectivity index (χ3n) is 5.42. The molecule has 1 fully saturated rings. The van der Waals surface area contributed by atoms with E-state index in [9.17, 15) is 9.59 Å². The van der Waals surface area contributed by atoms with Crippen LogP contribution in [-0.2, 0) is 14.3 Å². The Balaban J connectivity index is 1.80. The zero-order valence-electron chi connectivity index (χ0n) is 16.0. The highest BCUT2D eigenvalue weighted by Crippen LogP contribution is 2.50. The monoisotopic (exact) mass is 356 g/mol. The largest absolute Gasteiger partial charge is 0.481 e. The first-order valence-corrected chi connectivity index (χ1v) is 9.85. The quantitative estimate of drug-likeness (QED) is 0.385. The lowest BCUT2D eigenvalue weighted by Gasteiger charge is -2.18. The van der Waals surface area contributed by atoms with Crippen LogP contribution in [0.3, 0.4) is 0 Å². The van der Waals surface area contributed by atoms with Gasteiger partial charge in [-0.25, -0.2) is 0 Å². The molecule has 1 aliphatic rings. The van der Waals surface area contributed by atoms with Crippen molar-refractivity contribution in [1.82, 2.24) is 0 Å². The Morgan fingerprint density at radius 3 is 1.88 bits per heavy atom. The molecule has 0 unspecified atom stereocenters. The lowest BCUT2D eigenvalue weighted by Crippen LogP contribution is -2.23. The molecule has 1 rings (SSSR count). The SMILES string of the molecule is CC(C)(CCCCCCOCCCCCCC1(C(=O)O)CC1)C(=O)O. The number of unbranched alkanes of at least 4 members (excludes halogenated alkanes) is 6. The third kappa shape index (κ3) is 8.70. The van der Waals surface area contributed by atoms with Crippen LogP contribution in [0.15, 0.2) is 0 Å². The van der Waals surface area contributed by atoms with Crippen LogP contribution < -0.4 is 0 Å². The fraction of sp³-hybridized carbons (Fsp3) is 0.900. The molecule has 25 heavy (non-hydrogen) atoms. The van der Waals surface area contributed by atoms with Crippen molar-refractivity contribution >= 4 is 11.9 Å². The van der Waals surface area contributed by atoms with Crippen molar-refractivity contribution in [1.29, 1.82) is 0 Å². The summed E-state index contributed by atoms with van der Waals surface area (Å²) < 4.78 is 5.63. The highest BCUT2D eigenvalue weighted by molar-refractivity contribution is 5.77. The molecule has 146 valence electrons. The van der Waals surface area contributed by atoms with Gasteiger partial charge in [-0.15, -0.1) is 0 Å². The maximum Gasteiger partial charge on any atom is 0.309 e. The van der Waals surface area contributed by atoms with E-state index in [1.54, 1.807) is 13.8 Å². The van der Waals surface area contributed by atoms with Crippen LogP contribution in [-0.4, -0.2) is 35.4 Å². The first-order valence-electron chi connectivity index (χ1n) is 9.85. The minimum absolute atomic E-state index is 0.365. The summed E-state index contributed by atoms with van der Waals surface area (Å²) in [5.41, 5.74) is -0.976. The average Bonchev–Trinajstić information content (AvgIpc) is 3.33. The number of aliphatic carboxylic acids is 2. The lowest BCUT2D eigenvalue weighted by molar-refractivity contribution is -0.147. The van der Waals surface area contributed by atoms with Gasteiger partial charge in [-0.1, -0.05) is 38.5 Å². The predicted molar refractivity (Wildman–Crippen MR) is 97.7 cm³/mol. The molecule has 0 amide bonds. The Morgan fingerprint density at radius 1 is 0.880 bits per heavy atom. The zero-order chi connectivity index (χ0) is 18.8. The molecular formula is C20H36O5. The van der Waals surface area contributed by atoms with Crippen molar-refractivity contribution in [3.05, 3.63) is 0 Å². The van der Waals surface area contributed by atoms with E-state index in [2.05, 4.69) is 0 Å². The summed E-state index contributed by atoms with van der Waals surface area (Å²) in [4.78, 5) is 22.0. The summed E-state index contributed by atoms with van der Waals surface area (Å²) in [7, 11) is 0. The van der Waals surface area contributed by atoms with Crippen LogP contribution in [0.2, 0.25) is 0 Å². The number of carboxylic acid groups (broad SMARTS) is 2. The maximum atomic E-state index is 11.0. The van der Waals surface area contributed by atoms with Gasteiger partial charge in [0, 0.05) is 13.2 Å². The highest BCUT2D eigenvalue weighted by Gasteiger charge is 2.49. The molecule has 0 aromatic heterocycles. The van der Waals surface area contributed by atoms with Gasteiger partial charge in [0.1, 0.15) is 0 Å². The Kier molecular flexibility index (Phi) is 9.47. The van der Waals surface area contributed by atoms with Crippen molar-refractivity contribution in [2.45, 2.75) is 90.9 Å². The van der Waals surface area contributed by atoms with Crippen LogP contribution >= 0.6 is 0 Å². The maximum absolute atomic E-state index is 11.0. The van der Waals surface area contributed by atoms with Crippen molar-refractivity contribution in [3.8, 4) is 0 Å². The van der Waals surface area contributed by atoms with Gasteiger partial charge >= 0.3 is 11.9 Å². The molecule has 0 spiro atoms. The van der Waals surface area contributed by atoms with Gasteiger partial charge in [0.2, 0.25) is 0 Å². The van der Waals surface area contributed by atoms with Gasteiger partial charge in [-0.05, 0) is 52.4 Å². The summed E-state index contributed by atoms with van der Waals surface area (Å²) in [5.74, 6) is -1.33. The van der Waals surface area contributed by atoms with Gasteiger partial charge in [0.25, 0.3) is 0 Å². The summed E-state index contributed by atoms with van der Waals surface area (Å²) in [6, 6.07) is 0. The molecule has 5 nitrogen and oxygen atoms in total. The molecule has 1 aliphatic carbocycles. The van der Waals surface area contributed by atoms with Gasteiger partial charge < -0.3 is 14.9 Å². The topological polar surface area (TPSA) is 83.8 Å². The summed E-state index contributed by atoms with van der Waals surface area (Å²) >= 11 is 0. The van der Waals surface area contributed by atoms with Crippen molar-refractivity contribution in [3.63, 3.8) is 0 Å². The van der Waals surface area contributed by atoms with Gasteiger partial charge in [0.05, 0.1) is 10.8 Å².